The second-order valence-corrected chi connectivity index (χ2v) is 5.48. The minimum atomic E-state index is 0.260. The lowest BCUT2D eigenvalue weighted by atomic mass is 10.1. The fourth-order valence-electron chi connectivity index (χ4n) is 2.06. The van der Waals surface area contributed by atoms with Crippen LogP contribution in [0.5, 0.6) is 11.6 Å². The van der Waals surface area contributed by atoms with E-state index in [2.05, 4.69) is 48.1 Å². The first kappa shape index (κ1) is 15.3. The number of hydrogen-bond acceptors (Lipinski definition) is 5. The van der Waals surface area contributed by atoms with Gasteiger partial charge in [0.2, 0.25) is 5.88 Å². The van der Waals surface area contributed by atoms with Gasteiger partial charge in [-0.3, -0.25) is 4.68 Å². The van der Waals surface area contributed by atoms with E-state index in [9.17, 15) is 0 Å². The average Bonchev–Trinajstić information content (AvgIpc) is 2.87. The molecule has 0 saturated carbocycles. The largest absolute Gasteiger partial charge is 0.435 e. The van der Waals surface area contributed by atoms with Crippen LogP contribution >= 0.6 is 0 Å². The fourth-order valence-corrected chi connectivity index (χ4v) is 2.06. The van der Waals surface area contributed by atoms with E-state index in [1.54, 1.807) is 6.20 Å². The monoisotopic (exact) mass is 289 g/mol. The van der Waals surface area contributed by atoms with Crippen molar-refractivity contribution < 1.29 is 4.74 Å². The number of hydrogen-bond donors (Lipinski definition) is 1. The number of nitrogens with one attached hydrogen (secondary N) is 1. The molecule has 6 heteroatoms. The second kappa shape index (κ2) is 6.56. The number of anilines is 1. The van der Waals surface area contributed by atoms with Crippen molar-refractivity contribution in [3.05, 3.63) is 24.3 Å². The molecular formula is C15H23N5O. The predicted octanol–water partition coefficient (Wildman–Crippen LogP) is 3.60. The van der Waals surface area contributed by atoms with Gasteiger partial charge in [0.15, 0.2) is 5.75 Å². The molecule has 0 aromatic carbocycles. The van der Waals surface area contributed by atoms with Gasteiger partial charge in [-0.15, -0.1) is 0 Å². The van der Waals surface area contributed by atoms with Crippen LogP contribution in [0.1, 0.15) is 52.1 Å². The van der Waals surface area contributed by atoms with Crippen LogP contribution in [0.15, 0.2) is 18.7 Å². The highest BCUT2D eigenvalue weighted by molar-refractivity contribution is 5.51. The lowest BCUT2D eigenvalue weighted by Gasteiger charge is -2.15. The molecule has 0 fully saturated rings. The molecule has 1 N–H and O–H groups in total. The molecule has 0 aliphatic heterocycles. The summed E-state index contributed by atoms with van der Waals surface area (Å²) in [6, 6.07) is 0.301. The third kappa shape index (κ3) is 3.51. The van der Waals surface area contributed by atoms with Gasteiger partial charge in [0.25, 0.3) is 0 Å². The lowest BCUT2D eigenvalue weighted by Crippen LogP contribution is -2.07. The molecule has 0 radical (unpaired) electrons. The van der Waals surface area contributed by atoms with Gasteiger partial charge < -0.3 is 10.1 Å². The molecule has 114 valence electrons. The highest BCUT2D eigenvalue weighted by atomic mass is 16.5. The zero-order valence-corrected chi connectivity index (χ0v) is 13.3. The van der Waals surface area contributed by atoms with E-state index in [4.69, 9.17) is 4.74 Å². The summed E-state index contributed by atoms with van der Waals surface area (Å²) in [5.41, 5.74) is 0.983. The van der Waals surface area contributed by atoms with Gasteiger partial charge in [0, 0.05) is 12.6 Å². The fraction of sp³-hybridized carbons (Fsp3) is 0.533. The molecule has 0 amide bonds. The number of aromatic nitrogens is 4. The van der Waals surface area contributed by atoms with E-state index in [1.165, 1.54) is 6.33 Å². The molecule has 2 rings (SSSR count). The Morgan fingerprint density at radius 1 is 1.24 bits per heavy atom. The third-order valence-electron chi connectivity index (χ3n) is 3.09. The number of rotatable bonds is 6. The van der Waals surface area contributed by atoms with Crippen molar-refractivity contribution in [2.45, 2.75) is 46.6 Å². The molecule has 2 heterocycles. The highest BCUT2D eigenvalue weighted by Crippen LogP contribution is 2.32. The maximum absolute atomic E-state index is 5.91. The Morgan fingerprint density at radius 2 is 2.00 bits per heavy atom. The van der Waals surface area contributed by atoms with E-state index in [0.717, 1.165) is 17.9 Å². The first-order valence-electron chi connectivity index (χ1n) is 7.33. The quantitative estimate of drug-likeness (QED) is 0.880. The van der Waals surface area contributed by atoms with Crippen LogP contribution in [0.25, 0.3) is 0 Å². The van der Waals surface area contributed by atoms with Crippen LogP contribution in [0.2, 0.25) is 0 Å². The van der Waals surface area contributed by atoms with Crippen LogP contribution < -0.4 is 10.1 Å². The van der Waals surface area contributed by atoms with Gasteiger partial charge in [0.1, 0.15) is 12.1 Å². The van der Waals surface area contributed by atoms with Crippen molar-refractivity contribution in [3.63, 3.8) is 0 Å². The van der Waals surface area contributed by atoms with Gasteiger partial charge in [-0.05, 0) is 26.7 Å². The molecule has 21 heavy (non-hydrogen) atoms. The molecule has 0 aliphatic rings. The van der Waals surface area contributed by atoms with E-state index < -0.39 is 0 Å². The Bertz CT molecular complexity index is 591. The first-order chi connectivity index (χ1) is 10.0. The standard InChI is InChI=1S/C15H23N5O/c1-6-16-14-13(10(2)3)15(18-9-17-14)21-12-7-19-20(8-12)11(4)5/h7-11H,6H2,1-5H3,(H,16,17,18). The average molecular weight is 289 g/mol. The van der Waals surface area contributed by atoms with Gasteiger partial charge >= 0.3 is 0 Å². The summed E-state index contributed by atoms with van der Waals surface area (Å²) in [6.07, 6.45) is 5.11. The van der Waals surface area contributed by atoms with E-state index in [0.29, 0.717) is 17.7 Å². The van der Waals surface area contributed by atoms with Gasteiger partial charge in [-0.25, -0.2) is 9.97 Å². The highest BCUT2D eigenvalue weighted by Gasteiger charge is 2.17. The Kier molecular flexibility index (Phi) is 4.77. The third-order valence-corrected chi connectivity index (χ3v) is 3.09. The summed E-state index contributed by atoms with van der Waals surface area (Å²) in [4.78, 5) is 8.58. The SMILES string of the molecule is CCNc1ncnc(Oc2cnn(C(C)C)c2)c1C(C)C. The minimum absolute atomic E-state index is 0.260. The van der Waals surface area contributed by atoms with E-state index in [-0.39, 0.29) is 5.92 Å². The molecule has 6 nitrogen and oxygen atoms in total. The first-order valence-corrected chi connectivity index (χ1v) is 7.33. The molecule has 2 aromatic heterocycles. The Hall–Kier alpha value is -2.11. The molecule has 2 aromatic rings. The van der Waals surface area contributed by atoms with Crippen LogP contribution in [-0.2, 0) is 0 Å². The van der Waals surface area contributed by atoms with Gasteiger partial charge in [-0.2, -0.15) is 5.10 Å². The molecule has 0 saturated heterocycles. The lowest BCUT2D eigenvalue weighted by molar-refractivity contribution is 0.448. The van der Waals surface area contributed by atoms with Crippen molar-refractivity contribution >= 4 is 5.82 Å². The topological polar surface area (TPSA) is 64.9 Å². The summed E-state index contributed by atoms with van der Waals surface area (Å²) in [7, 11) is 0. The van der Waals surface area contributed by atoms with Crippen molar-refractivity contribution in [3.8, 4) is 11.6 Å². The Morgan fingerprint density at radius 3 is 2.57 bits per heavy atom. The van der Waals surface area contributed by atoms with Crippen molar-refractivity contribution in [2.75, 3.05) is 11.9 Å². The van der Waals surface area contributed by atoms with Crippen molar-refractivity contribution in [1.29, 1.82) is 0 Å². The van der Waals surface area contributed by atoms with Crippen molar-refractivity contribution in [2.24, 2.45) is 0 Å². The van der Waals surface area contributed by atoms with Crippen LogP contribution in [0.3, 0.4) is 0 Å². The van der Waals surface area contributed by atoms with E-state index >= 15 is 0 Å². The minimum Gasteiger partial charge on any atom is -0.435 e. The van der Waals surface area contributed by atoms with Crippen LogP contribution in [0, 0.1) is 0 Å². The molecule has 0 atom stereocenters. The second-order valence-electron chi connectivity index (χ2n) is 5.48. The molecule has 0 unspecified atom stereocenters. The molecule has 0 aliphatic carbocycles. The normalized spacial score (nSPS) is 11.2. The zero-order chi connectivity index (χ0) is 15.4. The molecule has 0 bridgehead atoms. The van der Waals surface area contributed by atoms with Crippen LogP contribution in [-0.4, -0.2) is 26.3 Å². The smallest absolute Gasteiger partial charge is 0.228 e. The van der Waals surface area contributed by atoms with Crippen LogP contribution in [0.4, 0.5) is 5.82 Å². The molecule has 0 spiro atoms. The summed E-state index contributed by atoms with van der Waals surface area (Å²) in [6.45, 7) is 11.2. The summed E-state index contributed by atoms with van der Waals surface area (Å²) >= 11 is 0. The zero-order valence-electron chi connectivity index (χ0n) is 13.3. The maximum Gasteiger partial charge on any atom is 0.228 e. The molecular weight excluding hydrogens is 266 g/mol. The van der Waals surface area contributed by atoms with Gasteiger partial charge in [-0.1, -0.05) is 13.8 Å². The Labute approximate surface area is 125 Å². The van der Waals surface area contributed by atoms with E-state index in [1.807, 2.05) is 17.8 Å². The number of ether oxygens (including phenoxy) is 1. The summed E-state index contributed by atoms with van der Waals surface area (Å²) < 4.78 is 7.77. The Balaban J connectivity index is 2.31. The summed E-state index contributed by atoms with van der Waals surface area (Å²) in [5, 5.41) is 7.53. The van der Waals surface area contributed by atoms with Gasteiger partial charge in [0.05, 0.1) is 18.0 Å². The summed E-state index contributed by atoms with van der Waals surface area (Å²) in [5.74, 6) is 2.36. The van der Waals surface area contributed by atoms with Crippen molar-refractivity contribution in [1.82, 2.24) is 19.7 Å². The maximum atomic E-state index is 5.91. The predicted molar refractivity (Wildman–Crippen MR) is 83.0 cm³/mol. The number of nitrogens with zero attached hydrogens (tertiary/aromatic N) is 4.